The van der Waals surface area contributed by atoms with Crippen molar-refractivity contribution in [1.82, 2.24) is 5.32 Å². The molecule has 19 heavy (non-hydrogen) atoms. The first-order valence-electron chi connectivity index (χ1n) is 7.02. The van der Waals surface area contributed by atoms with Gasteiger partial charge in [-0.1, -0.05) is 63.3 Å². The van der Waals surface area contributed by atoms with Crippen LogP contribution in [0.3, 0.4) is 0 Å². The van der Waals surface area contributed by atoms with E-state index >= 15 is 0 Å². The molecule has 1 N–H and O–H groups in total. The molecule has 0 unspecified atom stereocenters. The summed E-state index contributed by atoms with van der Waals surface area (Å²) in [5, 5.41) is 3.49. The van der Waals surface area contributed by atoms with Gasteiger partial charge in [0.05, 0.1) is 13.2 Å². The molecule has 0 spiro atoms. The Balaban J connectivity index is 2.21. The zero-order chi connectivity index (χ0) is 14.1. The van der Waals surface area contributed by atoms with Crippen LogP contribution in [-0.4, -0.2) is 19.8 Å². The molecule has 0 saturated heterocycles. The Morgan fingerprint density at radius 3 is 2.58 bits per heavy atom. The minimum Gasteiger partial charge on any atom is -0.377 e. The molecule has 0 heterocycles. The Kier molecular flexibility index (Phi) is 6.82. The molecule has 0 amide bonds. The van der Waals surface area contributed by atoms with Crippen molar-refractivity contribution < 1.29 is 4.74 Å². The molecular weight excluding hydrogens is 234 g/mol. The summed E-state index contributed by atoms with van der Waals surface area (Å²) in [5.41, 5.74) is 2.62. The minimum atomic E-state index is 0.142. The summed E-state index contributed by atoms with van der Waals surface area (Å²) < 4.78 is 5.71. The fourth-order valence-corrected chi connectivity index (χ4v) is 1.77. The Morgan fingerprint density at radius 1 is 1.26 bits per heavy atom. The van der Waals surface area contributed by atoms with Gasteiger partial charge in [0.2, 0.25) is 0 Å². The topological polar surface area (TPSA) is 21.3 Å². The lowest BCUT2D eigenvalue weighted by Crippen LogP contribution is -2.33. The zero-order valence-corrected chi connectivity index (χ0v) is 12.5. The number of rotatable bonds is 9. The van der Waals surface area contributed by atoms with Crippen molar-refractivity contribution in [1.29, 1.82) is 0 Å². The van der Waals surface area contributed by atoms with Crippen LogP contribution in [0.4, 0.5) is 0 Å². The van der Waals surface area contributed by atoms with Gasteiger partial charge in [0.15, 0.2) is 0 Å². The molecule has 106 valence electrons. The third kappa shape index (κ3) is 7.14. The molecule has 1 aromatic rings. The van der Waals surface area contributed by atoms with Gasteiger partial charge in [-0.2, -0.15) is 0 Å². The first-order chi connectivity index (χ1) is 9.03. The number of hydrogen-bond donors (Lipinski definition) is 1. The third-order valence-corrected chi connectivity index (χ3v) is 3.07. The van der Waals surface area contributed by atoms with Gasteiger partial charge in [-0.25, -0.2) is 0 Å². The van der Waals surface area contributed by atoms with E-state index in [0.717, 1.165) is 31.7 Å². The van der Waals surface area contributed by atoms with Crippen LogP contribution >= 0.6 is 0 Å². The molecule has 0 aromatic heterocycles. The van der Waals surface area contributed by atoms with Crippen molar-refractivity contribution in [3.05, 3.63) is 48.0 Å². The summed E-state index contributed by atoms with van der Waals surface area (Å²) in [5.74, 6) is 0. The quantitative estimate of drug-likeness (QED) is 0.683. The van der Waals surface area contributed by atoms with Gasteiger partial charge in [0.25, 0.3) is 0 Å². The van der Waals surface area contributed by atoms with E-state index in [1.807, 2.05) is 6.07 Å². The Morgan fingerprint density at radius 2 is 1.95 bits per heavy atom. The van der Waals surface area contributed by atoms with Crippen LogP contribution in [0.15, 0.2) is 42.5 Å². The predicted octanol–water partition coefficient (Wildman–Crippen LogP) is 3.79. The molecule has 1 aromatic carbocycles. The smallest absolute Gasteiger partial charge is 0.0674 e. The van der Waals surface area contributed by atoms with Gasteiger partial charge in [-0.05, 0) is 12.0 Å². The van der Waals surface area contributed by atoms with Crippen LogP contribution in [0.2, 0.25) is 0 Å². The van der Waals surface area contributed by atoms with Crippen LogP contribution in [0, 0.1) is 5.41 Å². The monoisotopic (exact) mass is 261 g/mol. The van der Waals surface area contributed by atoms with Crippen LogP contribution in [0.1, 0.15) is 32.8 Å². The molecule has 0 bridgehead atoms. The van der Waals surface area contributed by atoms with Gasteiger partial charge >= 0.3 is 0 Å². The number of hydrogen-bond acceptors (Lipinski definition) is 2. The average Bonchev–Trinajstić information content (AvgIpc) is 2.39. The van der Waals surface area contributed by atoms with Crippen molar-refractivity contribution in [2.75, 3.05) is 19.8 Å². The van der Waals surface area contributed by atoms with Crippen molar-refractivity contribution in [2.45, 2.75) is 33.7 Å². The lowest BCUT2D eigenvalue weighted by molar-refractivity contribution is 0.0754. The highest BCUT2D eigenvalue weighted by Gasteiger charge is 2.17. The van der Waals surface area contributed by atoms with Crippen molar-refractivity contribution in [3.8, 4) is 0 Å². The van der Waals surface area contributed by atoms with E-state index in [-0.39, 0.29) is 5.41 Å². The molecule has 2 heteroatoms. The molecule has 0 radical (unpaired) electrons. The van der Waals surface area contributed by atoms with E-state index in [4.69, 9.17) is 4.74 Å². The Bertz CT molecular complexity index is 370. The van der Waals surface area contributed by atoms with Crippen molar-refractivity contribution in [3.63, 3.8) is 0 Å². The zero-order valence-electron chi connectivity index (χ0n) is 12.5. The van der Waals surface area contributed by atoms with E-state index < -0.39 is 0 Å². The van der Waals surface area contributed by atoms with Gasteiger partial charge in [0, 0.05) is 18.5 Å². The van der Waals surface area contributed by atoms with E-state index in [1.54, 1.807) is 0 Å². The summed E-state index contributed by atoms with van der Waals surface area (Å²) in [7, 11) is 0. The van der Waals surface area contributed by atoms with Crippen LogP contribution in [-0.2, 0) is 11.3 Å². The largest absolute Gasteiger partial charge is 0.377 e. The second-order valence-corrected chi connectivity index (χ2v) is 5.85. The van der Waals surface area contributed by atoms with Crippen LogP contribution < -0.4 is 5.32 Å². The highest BCUT2D eigenvalue weighted by atomic mass is 16.5. The second-order valence-electron chi connectivity index (χ2n) is 5.85. The molecule has 2 nitrogen and oxygen atoms in total. The molecule has 0 fully saturated rings. The van der Waals surface area contributed by atoms with Crippen molar-refractivity contribution >= 4 is 0 Å². The molecule has 0 aliphatic carbocycles. The van der Waals surface area contributed by atoms with E-state index in [2.05, 4.69) is 56.9 Å². The lowest BCUT2D eigenvalue weighted by atomic mass is 9.94. The fraction of sp³-hybridized carbons (Fsp3) is 0.529. The Labute approximate surface area is 117 Å². The maximum Gasteiger partial charge on any atom is 0.0674 e. The van der Waals surface area contributed by atoms with E-state index in [0.29, 0.717) is 6.61 Å². The van der Waals surface area contributed by atoms with Gasteiger partial charge in [-0.15, -0.1) is 0 Å². The Hall–Kier alpha value is -1.12. The van der Waals surface area contributed by atoms with Crippen LogP contribution in [0.5, 0.6) is 0 Å². The van der Waals surface area contributed by atoms with Crippen LogP contribution in [0.25, 0.3) is 0 Å². The number of nitrogens with one attached hydrogen (secondary N) is 1. The maximum atomic E-state index is 5.71. The van der Waals surface area contributed by atoms with E-state index in [9.17, 15) is 0 Å². The van der Waals surface area contributed by atoms with Gasteiger partial charge in [0.1, 0.15) is 0 Å². The number of ether oxygens (including phenoxy) is 1. The SMILES string of the molecule is C=C(CC)COCC(C)(C)CNCc1ccccc1. The first kappa shape index (κ1) is 15.9. The normalized spacial score (nSPS) is 11.5. The molecule has 0 aliphatic rings. The fourth-order valence-electron chi connectivity index (χ4n) is 1.77. The molecule has 0 atom stereocenters. The first-order valence-corrected chi connectivity index (χ1v) is 7.02. The summed E-state index contributed by atoms with van der Waals surface area (Å²) in [6.07, 6.45) is 0.993. The molecule has 0 saturated carbocycles. The molecule has 1 rings (SSSR count). The van der Waals surface area contributed by atoms with E-state index in [1.165, 1.54) is 5.56 Å². The number of benzene rings is 1. The maximum absolute atomic E-state index is 5.71. The highest BCUT2D eigenvalue weighted by Crippen LogP contribution is 2.15. The summed E-state index contributed by atoms with van der Waals surface area (Å²) in [6, 6.07) is 10.5. The third-order valence-electron chi connectivity index (χ3n) is 3.07. The molecular formula is C17H27NO. The second kappa shape index (κ2) is 8.13. The summed E-state index contributed by atoms with van der Waals surface area (Å²) >= 11 is 0. The summed E-state index contributed by atoms with van der Waals surface area (Å²) in [6.45, 7) is 13.8. The average molecular weight is 261 g/mol. The molecule has 0 aliphatic heterocycles. The lowest BCUT2D eigenvalue weighted by Gasteiger charge is -2.25. The van der Waals surface area contributed by atoms with Crippen molar-refractivity contribution in [2.24, 2.45) is 5.41 Å². The standard InChI is InChI=1S/C17H27NO/c1-5-15(2)12-19-14-17(3,4)13-18-11-16-9-7-6-8-10-16/h6-10,18H,2,5,11-14H2,1,3-4H3. The minimum absolute atomic E-state index is 0.142. The van der Waals surface area contributed by atoms with Gasteiger partial charge in [-0.3, -0.25) is 0 Å². The van der Waals surface area contributed by atoms with Gasteiger partial charge < -0.3 is 10.1 Å². The highest BCUT2D eigenvalue weighted by molar-refractivity contribution is 5.14. The summed E-state index contributed by atoms with van der Waals surface area (Å²) in [4.78, 5) is 0. The predicted molar refractivity (Wildman–Crippen MR) is 82.2 cm³/mol.